The lowest BCUT2D eigenvalue weighted by Gasteiger charge is -2.22. The van der Waals surface area contributed by atoms with Gasteiger partial charge in [0, 0.05) is 38.2 Å². The van der Waals surface area contributed by atoms with Crippen LogP contribution in [0.1, 0.15) is 42.9 Å². The molecule has 1 fully saturated rings. The lowest BCUT2D eigenvalue weighted by atomic mass is 10.0. The fraction of sp³-hybridized carbons (Fsp3) is 0.360. The summed E-state index contributed by atoms with van der Waals surface area (Å²) in [6, 6.07) is 13.4. The first kappa shape index (κ1) is 23.3. The Morgan fingerprint density at radius 1 is 0.906 bits per heavy atom. The molecule has 0 radical (unpaired) electrons. The largest absolute Gasteiger partial charge is 0.508 e. The molecule has 2 aromatic carbocycles. The summed E-state index contributed by atoms with van der Waals surface area (Å²) in [5.41, 5.74) is 1.79. The third-order valence-electron chi connectivity index (χ3n) is 5.48. The zero-order valence-corrected chi connectivity index (χ0v) is 18.2. The van der Waals surface area contributed by atoms with Crippen molar-refractivity contribution in [2.45, 2.75) is 31.7 Å². The minimum absolute atomic E-state index is 0.0143. The van der Waals surface area contributed by atoms with Crippen molar-refractivity contribution in [1.82, 2.24) is 15.5 Å². The number of phenolic OH excluding ortho intramolecular Hbond substituents is 2. The molecule has 7 heteroatoms. The van der Waals surface area contributed by atoms with E-state index in [1.165, 1.54) is 0 Å². The number of hydrogen-bond donors (Lipinski definition) is 4. The molecule has 1 unspecified atom stereocenters. The first-order valence-corrected chi connectivity index (χ1v) is 11.1. The number of nitrogens with zero attached hydrogens (tertiary/aromatic N) is 1. The van der Waals surface area contributed by atoms with E-state index in [0.717, 1.165) is 30.4 Å². The summed E-state index contributed by atoms with van der Waals surface area (Å²) in [5.74, 6) is 0.321. The van der Waals surface area contributed by atoms with Gasteiger partial charge in [-0.15, -0.1) is 0 Å². The summed E-state index contributed by atoms with van der Waals surface area (Å²) < 4.78 is 0. The molecule has 1 heterocycles. The lowest BCUT2D eigenvalue weighted by molar-refractivity contribution is -0.126. The second kappa shape index (κ2) is 11.9. The molecule has 170 valence electrons. The molecule has 0 aromatic heterocycles. The zero-order chi connectivity index (χ0) is 22.8. The molecule has 2 aromatic rings. The van der Waals surface area contributed by atoms with Gasteiger partial charge in [-0.3, -0.25) is 9.59 Å². The second-order valence-corrected chi connectivity index (χ2v) is 7.96. The number of amides is 2. The predicted molar refractivity (Wildman–Crippen MR) is 124 cm³/mol. The Labute approximate surface area is 188 Å². The highest BCUT2D eigenvalue weighted by atomic mass is 16.3. The van der Waals surface area contributed by atoms with Crippen LogP contribution in [-0.4, -0.2) is 53.1 Å². The first-order chi connectivity index (χ1) is 15.5. The number of benzene rings is 2. The minimum atomic E-state index is -0.158. The second-order valence-electron chi connectivity index (χ2n) is 7.96. The van der Waals surface area contributed by atoms with E-state index in [9.17, 15) is 19.8 Å². The maximum absolute atomic E-state index is 12.8. The van der Waals surface area contributed by atoms with Crippen LogP contribution in [0.2, 0.25) is 0 Å². The minimum Gasteiger partial charge on any atom is -0.508 e. The van der Waals surface area contributed by atoms with Gasteiger partial charge in [0.2, 0.25) is 11.8 Å². The zero-order valence-electron chi connectivity index (χ0n) is 18.2. The smallest absolute Gasteiger partial charge is 0.246 e. The third-order valence-corrected chi connectivity index (χ3v) is 5.48. The van der Waals surface area contributed by atoms with Crippen LogP contribution in [0.25, 0.3) is 6.08 Å². The van der Waals surface area contributed by atoms with Crippen LogP contribution < -0.4 is 10.6 Å². The molecule has 1 atom stereocenters. The van der Waals surface area contributed by atoms with Gasteiger partial charge < -0.3 is 25.7 Å². The molecule has 1 saturated heterocycles. The van der Waals surface area contributed by atoms with Crippen molar-refractivity contribution in [3.8, 4) is 11.5 Å². The Bertz CT molecular complexity index is 910. The SMILES string of the molecule is O=C1CC(c2ccc(O)cc2)NCCCN(C(=O)/C=C/c2ccc(O)cc2)CCCCN1. The molecule has 4 N–H and O–H groups in total. The number of aromatic hydroxyl groups is 2. The molecule has 0 aliphatic carbocycles. The first-order valence-electron chi connectivity index (χ1n) is 11.1. The van der Waals surface area contributed by atoms with Crippen molar-refractivity contribution < 1.29 is 19.8 Å². The fourth-order valence-electron chi connectivity index (χ4n) is 3.66. The van der Waals surface area contributed by atoms with E-state index in [0.29, 0.717) is 32.6 Å². The summed E-state index contributed by atoms with van der Waals surface area (Å²) in [6.45, 7) is 2.49. The van der Waals surface area contributed by atoms with E-state index in [4.69, 9.17) is 0 Å². The quantitative estimate of drug-likeness (QED) is 0.553. The lowest BCUT2D eigenvalue weighted by Crippen LogP contribution is -2.34. The van der Waals surface area contributed by atoms with Gasteiger partial charge in [-0.25, -0.2) is 0 Å². The van der Waals surface area contributed by atoms with Crippen molar-refractivity contribution in [2.75, 3.05) is 26.2 Å². The van der Waals surface area contributed by atoms with E-state index in [-0.39, 0.29) is 29.4 Å². The number of carbonyl (C=O) groups excluding carboxylic acids is 2. The van der Waals surface area contributed by atoms with Gasteiger partial charge in [-0.05, 0) is 67.3 Å². The average molecular weight is 438 g/mol. The van der Waals surface area contributed by atoms with Crippen molar-refractivity contribution in [3.63, 3.8) is 0 Å². The van der Waals surface area contributed by atoms with Crippen LogP contribution >= 0.6 is 0 Å². The number of hydrogen-bond acceptors (Lipinski definition) is 5. The topological polar surface area (TPSA) is 102 Å². The van der Waals surface area contributed by atoms with Crippen LogP contribution in [0, 0.1) is 0 Å². The molecular formula is C25H31N3O4. The summed E-state index contributed by atoms with van der Waals surface area (Å²) in [6.07, 6.45) is 6.02. The number of phenols is 2. The molecule has 1 aliphatic heterocycles. The van der Waals surface area contributed by atoms with E-state index in [2.05, 4.69) is 10.6 Å². The van der Waals surface area contributed by atoms with E-state index < -0.39 is 0 Å². The monoisotopic (exact) mass is 437 g/mol. The van der Waals surface area contributed by atoms with Crippen molar-refractivity contribution >= 4 is 17.9 Å². The molecule has 7 nitrogen and oxygen atoms in total. The predicted octanol–water partition coefficient (Wildman–Crippen LogP) is 2.96. The Hall–Kier alpha value is -3.32. The van der Waals surface area contributed by atoms with E-state index in [1.807, 2.05) is 17.0 Å². The standard InChI is InChI=1S/C25H31N3O4/c29-21-9-4-19(5-10-21)6-13-25(32)28-16-2-1-14-27-24(31)18-23(26-15-3-17-28)20-7-11-22(30)12-8-20/h4-13,23,26,29-30H,1-3,14-18H2,(H,27,31)/b13-6+. The van der Waals surface area contributed by atoms with Crippen LogP contribution in [0.15, 0.2) is 54.6 Å². The van der Waals surface area contributed by atoms with Gasteiger partial charge in [0.05, 0.1) is 0 Å². The fourth-order valence-corrected chi connectivity index (χ4v) is 3.66. The molecule has 32 heavy (non-hydrogen) atoms. The highest BCUT2D eigenvalue weighted by Crippen LogP contribution is 2.20. The maximum Gasteiger partial charge on any atom is 0.246 e. The number of carbonyl (C=O) groups is 2. The van der Waals surface area contributed by atoms with E-state index in [1.54, 1.807) is 48.6 Å². The van der Waals surface area contributed by atoms with Gasteiger partial charge >= 0.3 is 0 Å². The third kappa shape index (κ3) is 7.42. The van der Waals surface area contributed by atoms with Crippen LogP contribution in [0.4, 0.5) is 0 Å². The molecule has 0 bridgehead atoms. The van der Waals surface area contributed by atoms with E-state index >= 15 is 0 Å². The molecule has 1 aliphatic rings. The van der Waals surface area contributed by atoms with Crippen LogP contribution in [0.5, 0.6) is 11.5 Å². The van der Waals surface area contributed by atoms with Gasteiger partial charge in [-0.1, -0.05) is 24.3 Å². The van der Waals surface area contributed by atoms with Gasteiger partial charge in [0.1, 0.15) is 11.5 Å². The van der Waals surface area contributed by atoms with Crippen LogP contribution in [0.3, 0.4) is 0 Å². The normalized spacial score (nSPS) is 18.9. The van der Waals surface area contributed by atoms with Crippen molar-refractivity contribution in [2.24, 2.45) is 0 Å². The highest BCUT2D eigenvalue weighted by Gasteiger charge is 2.17. The summed E-state index contributed by atoms with van der Waals surface area (Å²) >= 11 is 0. The van der Waals surface area contributed by atoms with Crippen LogP contribution in [-0.2, 0) is 9.59 Å². The Morgan fingerprint density at radius 3 is 2.28 bits per heavy atom. The van der Waals surface area contributed by atoms with Gasteiger partial charge in [0.25, 0.3) is 0 Å². The Morgan fingerprint density at radius 2 is 1.56 bits per heavy atom. The molecule has 0 saturated carbocycles. The molecular weight excluding hydrogens is 406 g/mol. The van der Waals surface area contributed by atoms with Gasteiger partial charge in [-0.2, -0.15) is 0 Å². The number of nitrogens with one attached hydrogen (secondary N) is 2. The van der Waals surface area contributed by atoms with Gasteiger partial charge in [0.15, 0.2) is 0 Å². The number of rotatable bonds is 3. The van der Waals surface area contributed by atoms with Crippen molar-refractivity contribution in [3.05, 3.63) is 65.7 Å². The molecule has 3 rings (SSSR count). The Kier molecular flexibility index (Phi) is 8.69. The summed E-state index contributed by atoms with van der Waals surface area (Å²) in [5, 5.41) is 25.3. The molecule has 2 amide bonds. The highest BCUT2D eigenvalue weighted by molar-refractivity contribution is 5.91. The maximum atomic E-state index is 12.8. The Balaban J connectivity index is 1.62. The summed E-state index contributed by atoms with van der Waals surface area (Å²) in [4.78, 5) is 27.0. The average Bonchev–Trinajstić information content (AvgIpc) is 2.80. The summed E-state index contributed by atoms with van der Waals surface area (Å²) in [7, 11) is 0. The molecule has 0 spiro atoms. The van der Waals surface area contributed by atoms with Crippen molar-refractivity contribution in [1.29, 1.82) is 0 Å².